The quantitative estimate of drug-likeness (QED) is 0.823. The zero-order chi connectivity index (χ0) is 14.7. The summed E-state index contributed by atoms with van der Waals surface area (Å²) in [6.45, 7) is 1.77. The Morgan fingerprint density at radius 1 is 1.35 bits per heavy atom. The van der Waals surface area contributed by atoms with Crippen LogP contribution in [0, 0.1) is 24.1 Å². The molecule has 4 nitrogen and oxygen atoms in total. The topological polar surface area (TPSA) is 78.9 Å². The Morgan fingerprint density at radius 3 is 2.75 bits per heavy atom. The van der Waals surface area contributed by atoms with Gasteiger partial charge in [-0.15, -0.1) is 0 Å². The molecule has 2 rings (SSSR count). The van der Waals surface area contributed by atoms with Gasteiger partial charge in [-0.05, 0) is 36.8 Å². The number of carbonyl (C=O) groups is 1. The standard InChI is InChI=1S/C15H12FN3O/c1-9-3-2-4-14(13(9)8-17)19-15(20)10-5-11(16)7-12(18)6-10/h2-7H,18H2,1H3,(H,19,20). The molecule has 0 bridgehead atoms. The Balaban J connectivity index is 2.33. The van der Waals surface area contributed by atoms with E-state index >= 15 is 0 Å². The zero-order valence-corrected chi connectivity index (χ0v) is 10.8. The van der Waals surface area contributed by atoms with Crippen LogP contribution in [0.25, 0.3) is 0 Å². The first kappa shape index (κ1) is 13.6. The molecule has 3 N–H and O–H groups in total. The number of nitriles is 1. The number of amides is 1. The molecule has 0 heterocycles. The number of rotatable bonds is 2. The largest absolute Gasteiger partial charge is 0.399 e. The van der Waals surface area contributed by atoms with Crippen molar-refractivity contribution in [1.29, 1.82) is 5.26 Å². The highest BCUT2D eigenvalue weighted by Gasteiger charge is 2.12. The summed E-state index contributed by atoms with van der Waals surface area (Å²) >= 11 is 0. The summed E-state index contributed by atoms with van der Waals surface area (Å²) in [6, 6.07) is 10.7. The molecular weight excluding hydrogens is 257 g/mol. The number of carbonyl (C=O) groups excluding carboxylic acids is 1. The van der Waals surface area contributed by atoms with Crippen LogP contribution in [0.2, 0.25) is 0 Å². The van der Waals surface area contributed by atoms with E-state index in [0.717, 1.165) is 17.7 Å². The molecule has 0 fully saturated rings. The van der Waals surface area contributed by atoms with Gasteiger partial charge in [0.1, 0.15) is 11.9 Å². The molecule has 0 aromatic heterocycles. The number of hydrogen-bond donors (Lipinski definition) is 2. The monoisotopic (exact) mass is 269 g/mol. The lowest BCUT2D eigenvalue weighted by atomic mass is 10.1. The molecule has 0 unspecified atom stereocenters. The van der Waals surface area contributed by atoms with Crippen LogP contribution in [0.15, 0.2) is 36.4 Å². The summed E-state index contributed by atoms with van der Waals surface area (Å²) < 4.78 is 13.2. The number of nitrogen functional groups attached to an aromatic ring is 1. The Morgan fingerprint density at radius 2 is 2.10 bits per heavy atom. The first-order valence-corrected chi connectivity index (χ1v) is 5.88. The minimum atomic E-state index is -0.583. The van der Waals surface area contributed by atoms with Gasteiger partial charge < -0.3 is 11.1 Å². The second-order valence-corrected chi connectivity index (χ2v) is 4.34. The van der Waals surface area contributed by atoms with Crippen molar-refractivity contribution < 1.29 is 9.18 Å². The SMILES string of the molecule is Cc1cccc(NC(=O)c2cc(N)cc(F)c2)c1C#N. The number of aryl methyl sites for hydroxylation is 1. The van der Waals surface area contributed by atoms with Crippen LogP contribution in [0.1, 0.15) is 21.5 Å². The van der Waals surface area contributed by atoms with Crippen molar-refractivity contribution in [3.8, 4) is 6.07 Å². The average molecular weight is 269 g/mol. The number of hydrogen-bond acceptors (Lipinski definition) is 3. The minimum absolute atomic E-state index is 0.105. The smallest absolute Gasteiger partial charge is 0.255 e. The molecule has 0 spiro atoms. The van der Waals surface area contributed by atoms with Gasteiger partial charge in [0.15, 0.2) is 0 Å². The maximum atomic E-state index is 13.2. The second kappa shape index (κ2) is 5.41. The molecule has 2 aromatic rings. The third-order valence-corrected chi connectivity index (χ3v) is 2.82. The first-order chi connectivity index (χ1) is 9.51. The van der Waals surface area contributed by atoms with Gasteiger partial charge in [0.05, 0.1) is 11.3 Å². The Bertz CT molecular complexity index is 699. The summed E-state index contributed by atoms with van der Waals surface area (Å²) in [6.07, 6.45) is 0. The third-order valence-electron chi connectivity index (χ3n) is 2.82. The molecule has 20 heavy (non-hydrogen) atoms. The molecule has 0 aliphatic carbocycles. The van der Waals surface area contributed by atoms with Gasteiger partial charge in [-0.25, -0.2) is 4.39 Å². The average Bonchev–Trinajstić information content (AvgIpc) is 2.37. The molecule has 0 saturated heterocycles. The Hall–Kier alpha value is -2.87. The number of nitrogens with zero attached hydrogens (tertiary/aromatic N) is 1. The molecule has 0 atom stereocenters. The summed E-state index contributed by atoms with van der Waals surface area (Å²) in [7, 11) is 0. The second-order valence-electron chi connectivity index (χ2n) is 4.34. The predicted octanol–water partition coefficient (Wildman–Crippen LogP) is 2.84. The van der Waals surface area contributed by atoms with Crippen molar-refractivity contribution in [2.45, 2.75) is 6.92 Å². The molecule has 0 radical (unpaired) electrons. The van der Waals surface area contributed by atoms with E-state index in [2.05, 4.69) is 5.32 Å². The zero-order valence-electron chi connectivity index (χ0n) is 10.8. The molecule has 0 saturated carbocycles. The number of halogens is 1. The molecule has 5 heteroatoms. The predicted molar refractivity (Wildman–Crippen MR) is 74.7 cm³/mol. The van der Waals surface area contributed by atoms with Crippen molar-refractivity contribution in [1.82, 2.24) is 0 Å². The number of anilines is 2. The van der Waals surface area contributed by atoms with Crippen LogP contribution in [0.5, 0.6) is 0 Å². The number of nitrogens with one attached hydrogen (secondary N) is 1. The third kappa shape index (κ3) is 2.75. The minimum Gasteiger partial charge on any atom is -0.399 e. The van der Waals surface area contributed by atoms with E-state index in [9.17, 15) is 9.18 Å². The van der Waals surface area contributed by atoms with Crippen molar-refractivity contribution in [3.05, 3.63) is 58.9 Å². The van der Waals surface area contributed by atoms with E-state index in [4.69, 9.17) is 11.0 Å². The van der Waals surface area contributed by atoms with E-state index in [1.807, 2.05) is 6.07 Å². The molecule has 1 amide bonds. The molecule has 100 valence electrons. The van der Waals surface area contributed by atoms with Gasteiger partial charge in [-0.3, -0.25) is 4.79 Å². The van der Waals surface area contributed by atoms with Gasteiger partial charge in [-0.1, -0.05) is 12.1 Å². The molecule has 2 aromatic carbocycles. The van der Waals surface area contributed by atoms with Crippen LogP contribution in [0.3, 0.4) is 0 Å². The van der Waals surface area contributed by atoms with Crippen molar-refractivity contribution in [3.63, 3.8) is 0 Å². The summed E-state index contributed by atoms with van der Waals surface area (Å²) in [5.41, 5.74) is 7.29. The van der Waals surface area contributed by atoms with Crippen LogP contribution in [0.4, 0.5) is 15.8 Å². The first-order valence-electron chi connectivity index (χ1n) is 5.88. The number of nitrogens with two attached hydrogens (primary N) is 1. The summed E-state index contributed by atoms with van der Waals surface area (Å²) in [5.74, 6) is -1.10. The lowest BCUT2D eigenvalue weighted by Gasteiger charge is -2.09. The highest BCUT2D eigenvalue weighted by molar-refractivity contribution is 6.05. The molecule has 0 aliphatic heterocycles. The number of benzene rings is 2. The fourth-order valence-corrected chi connectivity index (χ4v) is 1.86. The summed E-state index contributed by atoms with van der Waals surface area (Å²) in [4.78, 5) is 12.1. The van der Waals surface area contributed by atoms with E-state index < -0.39 is 11.7 Å². The molecule has 0 aliphatic rings. The van der Waals surface area contributed by atoms with Crippen LogP contribution < -0.4 is 11.1 Å². The van der Waals surface area contributed by atoms with Gasteiger partial charge in [0.25, 0.3) is 5.91 Å². The Labute approximate surface area is 115 Å². The van der Waals surface area contributed by atoms with Crippen molar-refractivity contribution in [2.24, 2.45) is 0 Å². The van der Waals surface area contributed by atoms with Crippen molar-refractivity contribution >= 4 is 17.3 Å². The fraction of sp³-hybridized carbons (Fsp3) is 0.0667. The van der Waals surface area contributed by atoms with Crippen molar-refractivity contribution in [2.75, 3.05) is 11.1 Å². The lowest BCUT2D eigenvalue weighted by molar-refractivity contribution is 0.102. The van der Waals surface area contributed by atoms with Crippen LogP contribution in [-0.2, 0) is 0 Å². The Kier molecular flexibility index (Phi) is 3.67. The van der Waals surface area contributed by atoms with E-state index in [-0.39, 0.29) is 11.3 Å². The van der Waals surface area contributed by atoms with Crippen LogP contribution in [-0.4, -0.2) is 5.91 Å². The maximum Gasteiger partial charge on any atom is 0.255 e. The van der Waals surface area contributed by atoms with E-state index in [0.29, 0.717) is 11.3 Å². The fourth-order valence-electron chi connectivity index (χ4n) is 1.86. The van der Waals surface area contributed by atoms with E-state index in [1.54, 1.807) is 25.1 Å². The summed E-state index contributed by atoms with van der Waals surface area (Å²) in [5, 5.41) is 11.7. The van der Waals surface area contributed by atoms with E-state index in [1.165, 1.54) is 6.07 Å². The van der Waals surface area contributed by atoms with Gasteiger partial charge in [0, 0.05) is 11.3 Å². The van der Waals surface area contributed by atoms with Gasteiger partial charge >= 0.3 is 0 Å². The van der Waals surface area contributed by atoms with Gasteiger partial charge in [0.2, 0.25) is 0 Å². The van der Waals surface area contributed by atoms with Gasteiger partial charge in [-0.2, -0.15) is 5.26 Å². The lowest BCUT2D eigenvalue weighted by Crippen LogP contribution is -2.14. The normalized spacial score (nSPS) is 9.85. The molecular formula is C15H12FN3O. The highest BCUT2D eigenvalue weighted by atomic mass is 19.1. The maximum absolute atomic E-state index is 13.2. The van der Waals surface area contributed by atoms with Crippen LogP contribution >= 0.6 is 0 Å². The highest BCUT2D eigenvalue weighted by Crippen LogP contribution is 2.20.